The molecule has 4 atom stereocenters. The predicted octanol–water partition coefficient (Wildman–Crippen LogP) is -2.51. The highest BCUT2D eigenvalue weighted by molar-refractivity contribution is 5.94. The Hall–Kier alpha value is -2.77. The number of nitrogens with one attached hydrogen (secondary N) is 3. The summed E-state index contributed by atoms with van der Waals surface area (Å²) in [6.45, 7) is 2.97. The normalized spacial score (nSPS) is 14.7. The van der Waals surface area contributed by atoms with Gasteiger partial charge in [0.2, 0.25) is 17.7 Å². The molecule has 184 valence electrons. The molecule has 0 saturated heterocycles. The average molecular weight is 462 g/mol. The monoisotopic (exact) mass is 461 g/mol. The Morgan fingerprint density at radius 2 is 1.44 bits per heavy atom. The van der Waals surface area contributed by atoms with Crippen molar-refractivity contribution in [2.75, 3.05) is 13.2 Å². The van der Waals surface area contributed by atoms with Gasteiger partial charge in [-0.15, -0.1) is 0 Å². The fourth-order valence-electron chi connectivity index (χ4n) is 2.70. The lowest BCUT2D eigenvalue weighted by Crippen LogP contribution is -2.58. The molecule has 3 amide bonds. The number of aliphatic hydroxyl groups excluding tert-OH is 1. The van der Waals surface area contributed by atoms with E-state index in [4.69, 9.17) is 21.7 Å². The Labute approximate surface area is 186 Å². The molecular formula is C19H35N5O8. The molecule has 4 unspecified atom stereocenters. The van der Waals surface area contributed by atoms with Gasteiger partial charge in [0, 0.05) is 6.42 Å². The molecule has 0 saturated carbocycles. The number of hydrogen-bond acceptors (Lipinski definition) is 8. The third kappa shape index (κ3) is 11.0. The summed E-state index contributed by atoms with van der Waals surface area (Å²) >= 11 is 0. The quantitative estimate of drug-likeness (QED) is 0.112. The number of carbonyl (C=O) groups excluding carboxylic acids is 3. The van der Waals surface area contributed by atoms with Crippen molar-refractivity contribution in [3.63, 3.8) is 0 Å². The van der Waals surface area contributed by atoms with Gasteiger partial charge in [-0.05, 0) is 38.1 Å². The highest BCUT2D eigenvalue weighted by atomic mass is 16.4. The maximum Gasteiger partial charge on any atom is 0.326 e. The molecule has 0 aliphatic heterocycles. The van der Waals surface area contributed by atoms with Crippen LogP contribution in [0.4, 0.5) is 0 Å². The number of aliphatic hydroxyl groups is 1. The van der Waals surface area contributed by atoms with Crippen molar-refractivity contribution in [1.82, 2.24) is 16.0 Å². The van der Waals surface area contributed by atoms with Crippen molar-refractivity contribution in [2.24, 2.45) is 17.4 Å². The number of carboxylic acids is 2. The van der Waals surface area contributed by atoms with Crippen molar-refractivity contribution < 1.29 is 39.3 Å². The zero-order valence-corrected chi connectivity index (χ0v) is 18.4. The number of aliphatic carboxylic acids is 2. The van der Waals surface area contributed by atoms with E-state index in [9.17, 15) is 29.1 Å². The number of nitrogens with two attached hydrogens (primary N) is 2. The molecular weight excluding hydrogens is 426 g/mol. The van der Waals surface area contributed by atoms with Crippen LogP contribution in [0.3, 0.4) is 0 Å². The molecule has 32 heavy (non-hydrogen) atoms. The summed E-state index contributed by atoms with van der Waals surface area (Å²) in [7, 11) is 0. The van der Waals surface area contributed by atoms with Crippen LogP contribution in [0.15, 0.2) is 0 Å². The molecule has 0 aliphatic rings. The van der Waals surface area contributed by atoms with Gasteiger partial charge in [-0.3, -0.25) is 19.2 Å². The van der Waals surface area contributed by atoms with Gasteiger partial charge in [-0.25, -0.2) is 4.79 Å². The van der Waals surface area contributed by atoms with Crippen LogP contribution < -0.4 is 27.4 Å². The average Bonchev–Trinajstić information content (AvgIpc) is 2.72. The molecule has 0 aliphatic carbocycles. The highest BCUT2D eigenvalue weighted by Gasteiger charge is 2.31. The Morgan fingerprint density at radius 3 is 1.91 bits per heavy atom. The van der Waals surface area contributed by atoms with Crippen molar-refractivity contribution >= 4 is 29.7 Å². The van der Waals surface area contributed by atoms with E-state index >= 15 is 0 Å². The van der Waals surface area contributed by atoms with Gasteiger partial charge in [0.05, 0.1) is 6.61 Å². The van der Waals surface area contributed by atoms with Crippen molar-refractivity contribution in [3.8, 4) is 0 Å². The molecule has 13 nitrogen and oxygen atoms in total. The van der Waals surface area contributed by atoms with Gasteiger partial charge < -0.3 is 42.7 Å². The Balaban J connectivity index is 5.41. The molecule has 0 bridgehead atoms. The van der Waals surface area contributed by atoms with E-state index in [1.54, 1.807) is 13.8 Å². The second-order valence-electron chi connectivity index (χ2n) is 7.70. The van der Waals surface area contributed by atoms with Crippen LogP contribution in [0.5, 0.6) is 0 Å². The lowest BCUT2D eigenvalue weighted by molar-refractivity contribution is -0.143. The second-order valence-corrected chi connectivity index (χ2v) is 7.70. The Morgan fingerprint density at radius 1 is 0.844 bits per heavy atom. The molecule has 0 heterocycles. The fraction of sp³-hybridized carbons (Fsp3) is 0.737. The zero-order valence-electron chi connectivity index (χ0n) is 18.4. The molecule has 0 rings (SSSR count). The van der Waals surface area contributed by atoms with Gasteiger partial charge in [0.15, 0.2) is 0 Å². The summed E-state index contributed by atoms with van der Waals surface area (Å²) in [6, 6.07) is -4.96. The van der Waals surface area contributed by atoms with Gasteiger partial charge in [-0.1, -0.05) is 13.8 Å². The minimum atomic E-state index is -1.35. The summed E-state index contributed by atoms with van der Waals surface area (Å²) in [5.41, 5.74) is 10.8. The maximum atomic E-state index is 12.7. The van der Waals surface area contributed by atoms with E-state index < -0.39 is 72.8 Å². The van der Waals surface area contributed by atoms with Crippen LogP contribution in [0, 0.1) is 5.92 Å². The molecule has 0 radical (unpaired) electrons. The number of carboxylic acid groups (broad SMARTS) is 2. The predicted molar refractivity (Wildman–Crippen MR) is 113 cm³/mol. The second kappa shape index (κ2) is 15.1. The molecule has 0 aromatic heterocycles. The summed E-state index contributed by atoms with van der Waals surface area (Å²) in [5.74, 6) is -5.34. The first-order chi connectivity index (χ1) is 14.9. The van der Waals surface area contributed by atoms with Gasteiger partial charge >= 0.3 is 11.9 Å². The molecule has 0 spiro atoms. The molecule has 0 fully saturated rings. The first-order valence-corrected chi connectivity index (χ1v) is 10.4. The summed E-state index contributed by atoms with van der Waals surface area (Å²) < 4.78 is 0. The number of amides is 3. The van der Waals surface area contributed by atoms with Gasteiger partial charge in [0.25, 0.3) is 0 Å². The minimum Gasteiger partial charge on any atom is -0.481 e. The van der Waals surface area contributed by atoms with Crippen LogP contribution in [-0.4, -0.2) is 82.3 Å². The minimum absolute atomic E-state index is 0.113. The topological polar surface area (TPSA) is 234 Å². The molecule has 0 aromatic carbocycles. The van der Waals surface area contributed by atoms with E-state index in [-0.39, 0.29) is 12.8 Å². The van der Waals surface area contributed by atoms with E-state index in [1.165, 1.54) is 0 Å². The Kier molecular flexibility index (Phi) is 13.8. The Bertz CT molecular complexity index is 658. The van der Waals surface area contributed by atoms with Crippen LogP contribution >= 0.6 is 0 Å². The first kappa shape index (κ1) is 29.2. The van der Waals surface area contributed by atoms with Crippen molar-refractivity contribution in [3.05, 3.63) is 0 Å². The lowest BCUT2D eigenvalue weighted by atomic mass is 10.0. The van der Waals surface area contributed by atoms with E-state index in [0.717, 1.165) is 0 Å². The smallest absolute Gasteiger partial charge is 0.326 e. The highest BCUT2D eigenvalue weighted by Crippen LogP contribution is 2.07. The maximum absolute atomic E-state index is 12.7. The third-order valence-electron chi connectivity index (χ3n) is 4.62. The molecule has 13 heteroatoms. The zero-order chi connectivity index (χ0) is 24.8. The number of hydrogen-bond donors (Lipinski definition) is 8. The SMILES string of the molecule is CC(C)C(NC(=O)C(N)CO)C(=O)NC(CCC(=O)O)C(=O)NC(CCCCN)C(=O)O. The van der Waals surface area contributed by atoms with Crippen LogP contribution in [0.2, 0.25) is 0 Å². The van der Waals surface area contributed by atoms with E-state index in [0.29, 0.717) is 19.4 Å². The number of unbranched alkanes of at least 4 members (excludes halogenated alkanes) is 1. The van der Waals surface area contributed by atoms with Crippen LogP contribution in [0.1, 0.15) is 46.0 Å². The van der Waals surface area contributed by atoms with Crippen LogP contribution in [0.25, 0.3) is 0 Å². The molecule has 0 aromatic rings. The van der Waals surface area contributed by atoms with E-state index in [1.807, 2.05) is 0 Å². The van der Waals surface area contributed by atoms with Crippen LogP contribution in [-0.2, 0) is 24.0 Å². The lowest BCUT2D eigenvalue weighted by Gasteiger charge is -2.26. The van der Waals surface area contributed by atoms with Gasteiger partial charge in [-0.2, -0.15) is 0 Å². The third-order valence-corrected chi connectivity index (χ3v) is 4.62. The summed E-state index contributed by atoms with van der Waals surface area (Å²) in [6.07, 6.45) is 0.368. The summed E-state index contributed by atoms with van der Waals surface area (Å²) in [5, 5.41) is 34.3. The van der Waals surface area contributed by atoms with Crippen molar-refractivity contribution in [1.29, 1.82) is 0 Å². The fourth-order valence-corrected chi connectivity index (χ4v) is 2.70. The first-order valence-electron chi connectivity index (χ1n) is 10.4. The van der Waals surface area contributed by atoms with Gasteiger partial charge in [0.1, 0.15) is 24.2 Å². The largest absolute Gasteiger partial charge is 0.481 e. The summed E-state index contributed by atoms with van der Waals surface area (Å²) in [4.78, 5) is 59.8. The molecule has 10 N–H and O–H groups in total. The van der Waals surface area contributed by atoms with Crippen molar-refractivity contribution in [2.45, 2.75) is 70.1 Å². The standard InChI is InChI=1S/C19H35N5O8/c1-10(2)15(24-16(28)11(21)9-25)18(30)22-12(6-7-14(26)27)17(29)23-13(19(31)32)5-3-4-8-20/h10-13,15,25H,3-9,20-21H2,1-2H3,(H,22,30)(H,23,29)(H,24,28)(H,26,27)(H,31,32). The number of carbonyl (C=O) groups is 5. The van der Waals surface area contributed by atoms with E-state index in [2.05, 4.69) is 16.0 Å². The number of rotatable bonds is 16.